The minimum absolute atomic E-state index is 0.282. The Morgan fingerprint density at radius 1 is 1.35 bits per heavy atom. The van der Waals surface area contributed by atoms with Crippen molar-refractivity contribution in [3.05, 3.63) is 52.5 Å². The van der Waals surface area contributed by atoms with Crippen LogP contribution in [0.4, 0.5) is 0 Å². The molecule has 0 radical (unpaired) electrons. The fraction of sp³-hybridized carbons (Fsp3) is 0.308. The second-order valence-corrected chi connectivity index (χ2v) is 4.84. The van der Waals surface area contributed by atoms with Crippen molar-refractivity contribution in [3.63, 3.8) is 0 Å². The van der Waals surface area contributed by atoms with Gasteiger partial charge in [-0.05, 0) is 47.4 Å². The van der Waals surface area contributed by atoms with Crippen LogP contribution in [0.3, 0.4) is 0 Å². The second-order valence-electron chi connectivity index (χ2n) is 4.06. The van der Waals surface area contributed by atoms with E-state index in [2.05, 4.69) is 27.2 Å². The van der Waals surface area contributed by atoms with Crippen molar-refractivity contribution in [2.45, 2.75) is 25.3 Å². The number of thiophene rings is 1. The zero-order chi connectivity index (χ0) is 11.9. The maximum atomic E-state index is 5.58. The molecule has 0 saturated heterocycles. The van der Waals surface area contributed by atoms with Gasteiger partial charge in [0.1, 0.15) is 0 Å². The first-order chi connectivity index (χ1) is 8.38. The molecule has 2 heterocycles. The number of rotatable bonds is 6. The third-order valence-corrected chi connectivity index (χ3v) is 3.51. The lowest BCUT2D eigenvalue weighted by molar-refractivity contribution is 0.487. The number of pyridine rings is 1. The van der Waals surface area contributed by atoms with Gasteiger partial charge in [-0.1, -0.05) is 6.07 Å². The third kappa shape index (κ3) is 3.93. The van der Waals surface area contributed by atoms with Gasteiger partial charge in [-0.25, -0.2) is 0 Å². The van der Waals surface area contributed by atoms with E-state index in [1.54, 1.807) is 11.3 Å². The predicted octanol–water partition coefficient (Wildman–Crippen LogP) is 2.15. The number of hydrogen-bond acceptors (Lipinski definition) is 4. The van der Waals surface area contributed by atoms with Crippen LogP contribution in [0, 0.1) is 0 Å². The van der Waals surface area contributed by atoms with Gasteiger partial charge in [0.25, 0.3) is 0 Å². The Kier molecular flexibility index (Phi) is 4.67. The molecule has 2 rings (SSSR count). The van der Waals surface area contributed by atoms with E-state index in [0.29, 0.717) is 0 Å². The van der Waals surface area contributed by atoms with Crippen molar-refractivity contribution < 1.29 is 0 Å². The predicted molar refractivity (Wildman–Crippen MR) is 71.7 cm³/mol. The summed E-state index contributed by atoms with van der Waals surface area (Å²) < 4.78 is 0. The molecule has 3 nitrogen and oxygen atoms in total. The molecule has 0 aliphatic heterocycles. The normalized spacial score (nSPS) is 12.5. The molecule has 3 N–H and O–H groups in total. The summed E-state index contributed by atoms with van der Waals surface area (Å²) in [5.74, 6) is 5.58. The summed E-state index contributed by atoms with van der Waals surface area (Å²) in [7, 11) is 0. The highest BCUT2D eigenvalue weighted by atomic mass is 32.1. The molecule has 0 aliphatic rings. The zero-order valence-electron chi connectivity index (χ0n) is 9.67. The molecule has 0 aromatic carbocycles. The standard InChI is InChI=1S/C13H17N3S/c14-16-13(5-4-11-6-8-17-10-11)9-12-3-1-2-7-15-12/h1-3,6-8,10,13,16H,4-5,9,14H2. The number of nitrogens with two attached hydrogens (primary N) is 1. The molecule has 0 saturated carbocycles. The van der Waals surface area contributed by atoms with E-state index in [9.17, 15) is 0 Å². The van der Waals surface area contributed by atoms with Crippen LogP contribution in [-0.4, -0.2) is 11.0 Å². The molecule has 0 amide bonds. The van der Waals surface area contributed by atoms with Gasteiger partial charge in [0, 0.05) is 24.4 Å². The molecule has 4 heteroatoms. The summed E-state index contributed by atoms with van der Waals surface area (Å²) >= 11 is 1.74. The molecule has 2 aromatic heterocycles. The number of nitrogens with one attached hydrogen (secondary N) is 1. The Labute approximate surface area is 106 Å². The Morgan fingerprint density at radius 3 is 2.94 bits per heavy atom. The molecule has 90 valence electrons. The second kappa shape index (κ2) is 6.49. The summed E-state index contributed by atoms with van der Waals surface area (Å²) in [6, 6.07) is 8.42. The minimum atomic E-state index is 0.282. The first kappa shape index (κ1) is 12.2. The van der Waals surface area contributed by atoms with E-state index >= 15 is 0 Å². The van der Waals surface area contributed by atoms with Crippen LogP contribution in [0.2, 0.25) is 0 Å². The van der Waals surface area contributed by atoms with Gasteiger partial charge >= 0.3 is 0 Å². The van der Waals surface area contributed by atoms with E-state index in [1.165, 1.54) is 5.56 Å². The Balaban J connectivity index is 1.85. The third-order valence-electron chi connectivity index (χ3n) is 2.78. The minimum Gasteiger partial charge on any atom is -0.271 e. The van der Waals surface area contributed by atoms with E-state index in [-0.39, 0.29) is 6.04 Å². The van der Waals surface area contributed by atoms with Crippen molar-refractivity contribution in [2.24, 2.45) is 5.84 Å². The maximum Gasteiger partial charge on any atom is 0.0419 e. The highest BCUT2D eigenvalue weighted by molar-refractivity contribution is 7.07. The number of aromatic nitrogens is 1. The zero-order valence-corrected chi connectivity index (χ0v) is 10.5. The van der Waals surface area contributed by atoms with E-state index in [4.69, 9.17) is 5.84 Å². The maximum absolute atomic E-state index is 5.58. The lowest BCUT2D eigenvalue weighted by Crippen LogP contribution is -2.37. The summed E-state index contributed by atoms with van der Waals surface area (Å²) in [6.45, 7) is 0. The molecular weight excluding hydrogens is 230 g/mol. The van der Waals surface area contributed by atoms with Crippen LogP contribution in [0.15, 0.2) is 41.2 Å². The molecule has 0 bridgehead atoms. The van der Waals surface area contributed by atoms with Gasteiger partial charge in [-0.15, -0.1) is 0 Å². The van der Waals surface area contributed by atoms with Crippen LogP contribution in [0.5, 0.6) is 0 Å². The highest BCUT2D eigenvalue weighted by Crippen LogP contribution is 2.11. The number of hydrazine groups is 1. The van der Waals surface area contributed by atoms with E-state index < -0.39 is 0 Å². The number of nitrogens with zero attached hydrogens (tertiary/aromatic N) is 1. The topological polar surface area (TPSA) is 50.9 Å². The van der Waals surface area contributed by atoms with Gasteiger partial charge in [0.05, 0.1) is 0 Å². The van der Waals surface area contributed by atoms with Crippen molar-refractivity contribution in [2.75, 3.05) is 0 Å². The van der Waals surface area contributed by atoms with E-state index in [0.717, 1.165) is 25.0 Å². The Bertz CT molecular complexity index is 413. The fourth-order valence-electron chi connectivity index (χ4n) is 1.79. The van der Waals surface area contributed by atoms with Gasteiger partial charge in [-0.2, -0.15) is 11.3 Å². The van der Waals surface area contributed by atoms with Crippen LogP contribution in [-0.2, 0) is 12.8 Å². The van der Waals surface area contributed by atoms with Crippen LogP contribution in [0.25, 0.3) is 0 Å². The average molecular weight is 247 g/mol. The largest absolute Gasteiger partial charge is 0.271 e. The molecule has 2 aromatic rings. The van der Waals surface area contributed by atoms with Crippen LogP contribution >= 0.6 is 11.3 Å². The summed E-state index contributed by atoms with van der Waals surface area (Å²) in [5.41, 5.74) is 5.35. The Hall–Kier alpha value is -1.23. The summed E-state index contributed by atoms with van der Waals surface area (Å²) in [5, 5.41) is 4.30. The highest BCUT2D eigenvalue weighted by Gasteiger charge is 2.08. The molecule has 17 heavy (non-hydrogen) atoms. The molecule has 0 aliphatic carbocycles. The summed E-state index contributed by atoms with van der Waals surface area (Å²) in [6.07, 6.45) is 4.79. The van der Waals surface area contributed by atoms with Crippen molar-refractivity contribution in [1.82, 2.24) is 10.4 Å². The van der Waals surface area contributed by atoms with Crippen LogP contribution in [0.1, 0.15) is 17.7 Å². The van der Waals surface area contributed by atoms with E-state index in [1.807, 2.05) is 24.4 Å². The van der Waals surface area contributed by atoms with Gasteiger partial charge in [-0.3, -0.25) is 16.3 Å². The van der Waals surface area contributed by atoms with Crippen molar-refractivity contribution >= 4 is 11.3 Å². The monoisotopic (exact) mass is 247 g/mol. The first-order valence-electron chi connectivity index (χ1n) is 5.75. The van der Waals surface area contributed by atoms with Gasteiger partial charge in [0.2, 0.25) is 0 Å². The smallest absolute Gasteiger partial charge is 0.0419 e. The lowest BCUT2D eigenvalue weighted by atomic mass is 10.0. The molecule has 0 fully saturated rings. The fourth-order valence-corrected chi connectivity index (χ4v) is 2.49. The quantitative estimate of drug-likeness (QED) is 0.607. The molecule has 0 spiro atoms. The molecular formula is C13H17N3S. The average Bonchev–Trinajstić information content (AvgIpc) is 2.89. The number of aryl methyl sites for hydroxylation is 1. The molecule has 1 unspecified atom stereocenters. The van der Waals surface area contributed by atoms with Gasteiger partial charge in [0.15, 0.2) is 0 Å². The number of hydrogen-bond donors (Lipinski definition) is 2. The van der Waals surface area contributed by atoms with Crippen molar-refractivity contribution in [1.29, 1.82) is 0 Å². The van der Waals surface area contributed by atoms with Crippen LogP contribution < -0.4 is 11.3 Å². The van der Waals surface area contributed by atoms with Gasteiger partial charge < -0.3 is 0 Å². The lowest BCUT2D eigenvalue weighted by Gasteiger charge is -2.14. The SMILES string of the molecule is NNC(CCc1ccsc1)Cc1ccccn1. The Morgan fingerprint density at radius 2 is 2.29 bits per heavy atom. The van der Waals surface area contributed by atoms with Crippen molar-refractivity contribution in [3.8, 4) is 0 Å². The first-order valence-corrected chi connectivity index (χ1v) is 6.70. The molecule has 1 atom stereocenters. The summed E-state index contributed by atoms with van der Waals surface area (Å²) in [4.78, 5) is 4.32.